The van der Waals surface area contributed by atoms with Crippen LogP contribution in [0, 0.1) is 0 Å². The second kappa shape index (κ2) is 7.63. The van der Waals surface area contributed by atoms with E-state index in [0.717, 1.165) is 29.8 Å². The number of ether oxygens (including phenoxy) is 1. The molecule has 132 valence electrons. The molecule has 6 heteroatoms. The van der Waals surface area contributed by atoms with Crippen LogP contribution in [0.15, 0.2) is 48.8 Å². The van der Waals surface area contributed by atoms with Gasteiger partial charge in [0.1, 0.15) is 12.4 Å². The number of hydrogen-bond acceptors (Lipinski definition) is 5. The van der Waals surface area contributed by atoms with Crippen LogP contribution in [-0.2, 0) is 17.9 Å². The van der Waals surface area contributed by atoms with Crippen LogP contribution in [0.4, 0.5) is 0 Å². The van der Waals surface area contributed by atoms with Gasteiger partial charge in [0, 0.05) is 31.0 Å². The number of primary amides is 1. The van der Waals surface area contributed by atoms with Gasteiger partial charge in [-0.25, -0.2) is 0 Å². The summed E-state index contributed by atoms with van der Waals surface area (Å²) < 4.78 is 5.75. The molecule has 1 aliphatic heterocycles. The Morgan fingerprint density at radius 3 is 2.76 bits per heavy atom. The van der Waals surface area contributed by atoms with Gasteiger partial charge >= 0.3 is 0 Å². The van der Waals surface area contributed by atoms with E-state index in [1.165, 1.54) is 0 Å². The van der Waals surface area contributed by atoms with Crippen molar-refractivity contribution in [3.8, 4) is 5.75 Å². The predicted molar refractivity (Wildman–Crippen MR) is 93.7 cm³/mol. The Morgan fingerprint density at radius 2 is 2.08 bits per heavy atom. The number of rotatable bonds is 6. The first-order chi connectivity index (χ1) is 12.0. The average Bonchev–Trinajstić information content (AvgIpc) is 2.62. The summed E-state index contributed by atoms with van der Waals surface area (Å²) in [7, 11) is 0. The highest BCUT2D eigenvalue weighted by Gasteiger charge is 2.38. The average molecular weight is 341 g/mol. The summed E-state index contributed by atoms with van der Waals surface area (Å²) in [6.07, 6.45) is 4.70. The Labute approximate surface area is 147 Å². The van der Waals surface area contributed by atoms with E-state index in [4.69, 9.17) is 10.5 Å². The lowest BCUT2D eigenvalue weighted by atomic mass is 9.92. The maximum absolute atomic E-state index is 11.4. The lowest BCUT2D eigenvalue weighted by molar-refractivity contribution is -0.142. The topological polar surface area (TPSA) is 88.7 Å². The van der Waals surface area contributed by atoms with Crippen LogP contribution in [0.1, 0.15) is 24.0 Å². The number of β-amino-alcohol motifs (C(OH)–C–C–N with tert-alkyl or cyclic N) is 1. The molecule has 1 fully saturated rings. The SMILES string of the molecule is NC(=O)[C@@]1(O)CCCN(Cc2ccc(OCc3cccnc3)cc2)C1. The fourth-order valence-corrected chi connectivity index (χ4v) is 3.06. The van der Waals surface area contributed by atoms with Crippen LogP contribution in [0.5, 0.6) is 5.75 Å². The summed E-state index contributed by atoms with van der Waals surface area (Å²) in [5, 5.41) is 10.3. The number of nitrogens with zero attached hydrogens (tertiary/aromatic N) is 2. The maximum Gasteiger partial charge on any atom is 0.250 e. The lowest BCUT2D eigenvalue weighted by Gasteiger charge is -2.37. The van der Waals surface area contributed by atoms with Gasteiger partial charge in [-0.15, -0.1) is 0 Å². The van der Waals surface area contributed by atoms with Crippen molar-refractivity contribution in [2.24, 2.45) is 5.73 Å². The Bertz CT molecular complexity index is 706. The summed E-state index contributed by atoms with van der Waals surface area (Å²) >= 11 is 0. The molecule has 3 rings (SSSR count). The number of benzene rings is 1. The highest BCUT2D eigenvalue weighted by molar-refractivity contribution is 5.83. The van der Waals surface area contributed by atoms with E-state index in [0.29, 0.717) is 19.6 Å². The van der Waals surface area contributed by atoms with Gasteiger partial charge in [-0.2, -0.15) is 0 Å². The number of carbonyl (C=O) groups is 1. The quantitative estimate of drug-likeness (QED) is 0.831. The first kappa shape index (κ1) is 17.4. The summed E-state index contributed by atoms with van der Waals surface area (Å²) in [6.45, 7) is 2.26. The normalized spacial score (nSPS) is 21.0. The second-order valence-electron chi connectivity index (χ2n) is 6.50. The summed E-state index contributed by atoms with van der Waals surface area (Å²) in [5.41, 5.74) is 6.03. The largest absolute Gasteiger partial charge is 0.489 e. The van der Waals surface area contributed by atoms with Crippen molar-refractivity contribution in [1.82, 2.24) is 9.88 Å². The summed E-state index contributed by atoms with van der Waals surface area (Å²) in [5.74, 6) is 0.149. The maximum atomic E-state index is 11.4. The van der Waals surface area contributed by atoms with Crippen LogP contribution < -0.4 is 10.5 Å². The molecule has 1 amide bonds. The van der Waals surface area contributed by atoms with Crippen LogP contribution >= 0.6 is 0 Å². The summed E-state index contributed by atoms with van der Waals surface area (Å²) in [4.78, 5) is 17.5. The van der Waals surface area contributed by atoms with Crippen LogP contribution in [0.2, 0.25) is 0 Å². The molecule has 2 heterocycles. The third-order valence-electron chi connectivity index (χ3n) is 4.47. The molecular weight excluding hydrogens is 318 g/mol. The van der Waals surface area contributed by atoms with Crippen molar-refractivity contribution in [2.45, 2.75) is 31.6 Å². The van der Waals surface area contributed by atoms with E-state index >= 15 is 0 Å². The fourth-order valence-electron chi connectivity index (χ4n) is 3.06. The van der Waals surface area contributed by atoms with Gasteiger partial charge in [-0.3, -0.25) is 14.7 Å². The standard InChI is InChI=1S/C19H23N3O3/c20-18(23)19(24)8-2-10-22(14-19)12-15-4-6-17(7-5-15)25-13-16-3-1-9-21-11-16/h1,3-7,9,11,24H,2,8,10,12-14H2,(H2,20,23)/t19-/m1/s1. The number of piperidine rings is 1. The zero-order valence-electron chi connectivity index (χ0n) is 14.1. The number of aliphatic hydroxyl groups is 1. The molecule has 0 unspecified atom stereocenters. The molecule has 0 spiro atoms. The van der Waals surface area contributed by atoms with Crippen LogP contribution in [-0.4, -0.2) is 39.6 Å². The zero-order chi connectivity index (χ0) is 17.7. The van der Waals surface area contributed by atoms with Crippen molar-refractivity contribution in [3.63, 3.8) is 0 Å². The Hall–Kier alpha value is -2.44. The number of pyridine rings is 1. The minimum Gasteiger partial charge on any atom is -0.489 e. The molecular formula is C19H23N3O3. The van der Waals surface area contributed by atoms with Crippen LogP contribution in [0.3, 0.4) is 0 Å². The third-order valence-corrected chi connectivity index (χ3v) is 4.47. The molecule has 1 aromatic heterocycles. The van der Waals surface area contributed by atoms with Crippen molar-refractivity contribution in [3.05, 3.63) is 59.9 Å². The van der Waals surface area contributed by atoms with E-state index in [1.807, 2.05) is 36.4 Å². The highest BCUT2D eigenvalue weighted by Crippen LogP contribution is 2.23. The molecule has 0 radical (unpaired) electrons. The van der Waals surface area contributed by atoms with Crippen molar-refractivity contribution in [1.29, 1.82) is 0 Å². The fraction of sp³-hybridized carbons (Fsp3) is 0.368. The summed E-state index contributed by atoms with van der Waals surface area (Å²) in [6, 6.07) is 11.7. The molecule has 25 heavy (non-hydrogen) atoms. The van der Waals surface area contributed by atoms with Crippen molar-refractivity contribution < 1.29 is 14.6 Å². The van der Waals surface area contributed by atoms with Gasteiger partial charge in [-0.1, -0.05) is 18.2 Å². The molecule has 0 aliphatic carbocycles. The number of carbonyl (C=O) groups excluding carboxylic acids is 1. The third kappa shape index (κ3) is 4.55. The molecule has 0 bridgehead atoms. The molecule has 1 atom stereocenters. The van der Waals surface area contributed by atoms with E-state index < -0.39 is 11.5 Å². The van der Waals surface area contributed by atoms with Gasteiger partial charge in [0.05, 0.1) is 0 Å². The minimum atomic E-state index is -1.41. The number of likely N-dealkylation sites (tertiary alicyclic amines) is 1. The Morgan fingerprint density at radius 1 is 1.28 bits per heavy atom. The highest BCUT2D eigenvalue weighted by atomic mass is 16.5. The molecule has 6 nitrogen and oxygen atoms in total. The first-order valence-electron chi connectivity index (χ1n) is 8.40. The van der Waals surface area contributed by atoms with Gasteiger partial charge in [0.15, 0.2) is 5.60 Å². The number of aromatic nitrogens is 1. The second-order valence-corrected chi connectivity index (χ2v) is 6.50. The Balaban J connectivity index is 1.55. The van der Waals surface area contributed by atoms with Crippen molar-refractivity contribution >= 4 is 5.91 Å². The lowest BCUT2D eigenvalue weighted by Crippen LogP contribution is -2.55. The van der Waals surface area contributed by atoms with Gasteiger partial charge in [-0.05, 0) is 43.1 Å². The number of nitrogens with two attached hydrogens (primary N) is 1. The minimum absolute atomic E-state index is 0.279. The van der Waals surface area contributed by atoms with Gasteiger partial charge in [0.2, 0.25) is 0 Å². The first-order valence-corrected chi connectivity index (χ1v) is 8.40. The van der Waals surface area contributed by atoms with Crippen molar-refractivity contribution in [2.75, 3.05) is 13.1 Å². The zero-order valence-corrected chi connectivity index (χ0v) is 14.1. The van der Waals surface area contributed by atoms with Gasteiger partial charge < -0.3 is 15.6 Å². The number of hydrogen-bond donors (Lipinski definition) is 2. The molecule has 1 saturated heterocycles. The molecule has 2 aromatic rings. The molecule has 3 N–H and O–H groups in total. The van der Waals surface area contributed by atoms with E-state index in [2.05, 4.69) is 9.88 Å². The molecule has 0 saturated carbocycles. The number of amides is 1. The van der Waals surface area contributed by atoms with E-state index in [9.17, 15) is 9.90 Å². The smallest absolute Gasteiger partial charge is 0.250 e. The van der Waals surface area contributed by atoms with E-state index in [-0.39, 0.29) is 6.54 Å². The molecule has 1 aliphatic rings. The Kier molecular flexibility index (Phi) is 5.31. The van der Waals surface area contributed by atoms with Crippen LogP contribution in [0.25, 0.3) is 0 Å². The van der Waals surface area contributed by atoms with E-state index in [1.54, 1.807) is 12.4 Å². The van der Waals surface area contributed by atoms with Gasteiger partial charge in [0.25, 0.3) is 5.91 Å². The molecule has 1 aromatic carbocycles. The predicted octanol–water partition coefficient (Wildman–Crippen LogP) is 1.47. The monoisotopic (exact) mass is 341 g/mol.